The Labute approximate surface area is 194 Å². The number of rotatable bonds is 4. The number of nitrogens with zero attached hydrogens (tertiary/aromatic N) is 6. The van der Waals surface area contributed by atoms with Crippen LogP contribution < -0.4 is 20.7 Å². The van der Waals surface area contributed by atoms with Gasteiger partial charge >= 0.3 is 0 Å². The Hall–Kier alpha value is -3.23. The number of piperazine rings is 2. The van der Waals surface area contributed by atoms with Crippen LogP contribution in [-0.4, -0.2) is 72.3 Å². The molecule has 1 aromatic carbocycles. The van der Waals surface area contributed by atoms with Gasteiger partial charge in [0, 0.05) is 88.6 Å². The van der Waals surface area contributed by atoms with E-state index in [1.165, 1.54) is 11.3 Å². The minimum Gasteiger partial charge on any atom is -0.369 e. The largest absolute Gasteiger partial charge is 0.369 e. The highest BCUT2D eigenvalue weighted by atomic mass is 16.1. The fourth-order valence-corrected chi connectivity index (χ4v) is 4.62. The molecule has 172 valence electrons. The number of pyridine rings is 1. The second kappa shape index (κ2) is 9.33. The number of hydrogen-bond acceptors (Lipinski definition) is 7. The normalized spacial score (nSPS) is 19.6. The van der Waals surface area contributed by atoms with E-state index in [9.17, 15) is 4.79 Å². The zero-order chi connectivity index (χ0) is 22.8. The second-order valence-corrected chi connectivity index (χ2v) is 8.91. The fraction of sp³-hybridized carbons (Fsp3) is 0.400. The number of hydrogen-bond donors (Lipinski definition) is 1. The average Bonchev–Trinajstić information content (AvgIpc) is 2.87. The number of benzene rings is 1. The molecule has 3 aromatic rings. The van der Waals surface area contributed by atoms with E-state index >= 15 is 0 Å². The van der Waals surface area contributed by atoms with Crippen molar-refractivity contribution >= 4 is 11.6 Å². The Bertz CT molecular complexity index is 1140. The maximum absolute atomic E-state index is 12.7. The van der Waals surface area contributed by atoms with Crippen molar-refractivity contribution in [1.29, 1.82) is 0 Å². The molecule has 2 fully saturated rings. The van der Waals surface area contributed by atoms with E-state index in [1.807, 2.05) is 12.1 Å². The van der Waals surface area contributed by atoms with Crippen molar-refractivity contribution in [3.05, 3.63) is 70.8 Å². The zero-order valence-corrected chi connectivity index (χ0v) is 19.3. The maximum atomic E-state index is 12.7. The quantitative estimate of drug-likeness (QED) is 0.656. The summed E-state index contributed by atoms with van der Waals surface area (Å²) in [5, 5.41) is 3.63. The zero-order valence-electron chi connectivity index (χ0n) is 19.3. The lowest BCUT2D eigenvalue weighted by molar-refractivity contribution is 0.313. The number of nitrogens with one attached hydrogen (secondary N) is 1. The van der Waals surface area contributed by atoms with Gasteiger partial charge in [-0.3, -0.25) is 14.3 Å². The summed E-state index contributed by atoms with van der Waals surface area (Å²) in [5.74, 6) is 0.704. The summed E-state index contributed by atoms with van der Waals surface area (Å²) in [4.78, 5) is 28.7. The van der Waals surface area contributed by atoms with Gasteiger partial charge in [0.1, 0.15) is 0 Å². The fourth-order valence-electron chi connectivity index (χ4n) is 4.62. The highest BCUT2D eigenvalue weighted by molar-refractivity contribution is 5.59. The molecule has 2 saturated heterocycles. The molecule has 2 aromatic heterocycles. The van der Waals surface area contributed by atoms with Gasteiger partial charge in [-0.05, 0) is 36.9 Å². The van der Waals surface area contributed by atoms with Gasteiger partial charge in [-0.25, -0.2) is 4.98 Å². The molecule has 1 N–H and O–H groups in total. The highest BCUT2D eigenvalue weighted by Crippen LogP contribution is 2.25. The predicted octanol–water partition coefficient (Wildman–Crippen LogP) is 1.74. The van der Waals surface area contributed by atoms with Gasteiger partial charge in [0.25, 0.3) is 5.56 Å². The first-order chi connectivity index (χ1) is 16.1. The van der Waals surface area contributed by atoms with Crippen molar-refractivity contribution in [3.63, 3.8) is 0 Å². The van der Waals surface area contributed by atoms with Gasteiger partial charge in [-0.15, -0.1) is 0 Å². The Morgan fingerprint density at radius 3 is 2.36 bits per heavy atom. The number of anilines is 2. The van der Waals surface area contributed by atoms with Crippen molar-refractivity contribution in [1.82, 2.24) is 24.8 Å². The van der Waals surface area contributed by atoms with Crippen LogP contribution in [0.25, 0.3) is 11.3 Å². The number of aromatic nitrogens is 3. The summed E-state index contributed by atoms with van der Waals surface area (Å²) >= 11 is 0. The van der Waals surface area contributed by atoms with E-state index in [-0.39, 0.29) is 11.6 Å². The van der Waals surface area contributed by atoms with Gasteiger partial charge in [-0.2, -0.15) is 0 Å². The van der Waals surface area contributed by atoms with Crippen LogP contribution in [0, 0.1) is 0 Å². The van der Waals surface area contributed by atoms with Crippen LogP contribution >= 0.6 is 0 Å². The molecule has 8 heteroatoms. The van der Waals surface area contributed by atoms with E-state index in [0.717, 1.165) is 51.4 Å². The van der Waals surface area contributed by atoms with Gasteiger partial charge < -0.3 is 20.0 Å². The van der Waals surface area contributed by atoms with Gasteiger partial charge in [0.15, 0.2) is 0 Å². The molecule has 4 heterocycles. The maximum Gasteiger partial charge on any atom is 0.255 e. The third-order valence-electron chi connectivity index (χ3n) is 6.71. The van der Waals surface area contributed by atoms with Gasteiger partial charge in [-0.1, -0.05) is 12.1 Å². The molecule has 0 bridgehead atoms. The second-order valence-electron chi connectivity index (χ2n) is 8.91. The molecule has 2 aliphatic rings. The van der Waals surface area contributed by atoms with Crippen LogP contribution in [0.1, 0.15) is 11.6 Å². The molecule has 5 rings (SSSR count). The van der Waals surface area contributed by atoms with E-state index in [0.29, 0.717) is 11.6 Å². The summed E-state index contributed by atoms with van der Waals surface area (Å²) in [6.07, 6.45) is 3.45. The van der Waals surface area contributed by atoms with E-state index < -0.39 is 0 Å². The molecule has 33 heavy (non-hydrogen) atoms. The molecular formula is C25H31N7O. The third-order valence-corrected chi connectivity index (χ3v) is 6.71. The summed E-state index contributed by atoms with van der Waals surface area (Å²) < 4.78 is 1.64. The van der Waals surface area contributed by atoms with Crippen molar-refractivity contribution < 1.29 is 0 Å². The van der Waals surface area contributed by atoms with E-state index in [4.69, 9.17) is 4.98 Å². The first kappa shape index (κ1) is 21.6. The SMILES string of the molecule is CN1CCN(c2ccc([C@H]3CN(c4nc(-c5ccncc5)cc(=O)n4C)CCN3)cc2)CC1. The standard InChI is InChI=1S/C25H31N7O/c1-29-13-15-31(16-14-29)21-5-3-19(4-6-21)23-18-32(12-11-27-23)25-28-22(17-24(33)30(25)2)20-7-9-26-10-8-20/h3-10,17,23,27H,11-16,18H2,1-2H3/t23-/m1/s1. The lowest BCUT2D eigenvalue weighted by Crippen LogP contribution is -2.47. The molecular weight excluding hydrogens is 414 g/mol. The summed E-state index contributed by atoms with van der Waals surface area (Å²) in [6.45, 7) is 6.73. The first-order valence-electron chi connectivity index (χ1n) is 11.6. The monoisotopic (exact) mass is 445 g/mol. The van der Waals surface area contributed by atoms with Crippen LogP contribution in [0.5, 0.6) is 0 Å². The summed E-state index contributed by atoms with van der Waals surface area (Å²) in [5.41, 5.74) is 4.07. The minimum atomic E-state index is -0.0570. The lowest BCUT2D eigenvalue weighted by atomic mass is 10.0. The van der Waals surface area contributed by atoms with Crippen LogP contribution in [-0.2, 0) is 7.05 Å². The van der Waals surface area contributed by atoms with Crippen LogP contribution in [0.2, 0.25) is 0 Å². The Morgan fingerprint density at radius 1 is 0.909 bits per heavy atom. The Kier molecular flexibility index (Phi) is 6.11. The van der Waals surface area contributed by atoms with Crippen molar-refractivity contribution in [3.8, 4) is 11.3 Å². The molecule has 0 radical (unpaired) electrons. The smallest absolute Gasteiger partial charge is 0.255 e. The third kappa shape index (κ3) is 4.62. The molecule has 0 amide bonds. The molecule has 0 saturated carbocycles. The van der Waals surface area contributed by atoms with E-state index in [2.05, 4.69) is 56.3 Å². The average molecular weight is 446 g/mol. The Morgan fingerprint density at radius 2 is 1.64 bits per heavy atom. The molecule has 0 aliphatic carbocycles. The summed E-state index contributed by atoms with van der Waals surface area (Å²) in [7, 11) is 3.97. The number of likely N-dealkylation sites (N-methyl/N-ethyl adjacent to an activating group) is 1. The molecule has 2 aliphatic heterocycles. The highest BCUT2D eigenvalue weighted by Gasteiger charge is 2.24. The van der Waals surface area contributed by atoms with Gasteiger partial charge in [0.05, 0.1) is 5.69 Å². The van der Waals surface area contributed by atoms with Crippen LogP contribution in [0.15, 0.2) is 59.7 Å². The molecule has 0 spiro atoms. The molecule has 0 unspecified atom stereocenters. The topological polar surface area (TPSA) is 69.5 Å². The first-order valence-corrected chi connectivity index (χ1v) is 11.6. The molecule has 1 atom stereocenters. The van der Waals surface area contributed by atoms with Crippen molar-refractivity contribution in [2.24, 2.45) is 7.05 Å². The van der Waals surface area contributed by atoms with E-state index in [1.54, 1.807) is 30.1 Å². The van der Waals surface area contributed by atoms with Crippen LogP contribution in [0.3, 0.4) is 0 Å². The minimum absolute atomic E-state index is 0.0570. The summed E-state index contributed by atoms with van der Waals surface area (Å²) in [6, 6.07) is 14.5. The molecule has 8 nitrogen and oxygen atoms in total. The van der Waals surface area contributed by atoms with Crippen LogP contribution in [0.4, 0.5) is 11.6 Å². The Balaban J connectivity index is 1.35. The van der Waals surface area contributed by atoms with Gasteiger partial charge in [0.2, 0.25) is 5.95 Å². The predicted molar refractivity (Wildman–Crippen MR) is 132 cm³/mol. The lowest BCUT2D eigenvalue weighted by Gasteiger charge is -2.36. The van der Waals surface area contributed by atoms with Crippen molar-refractivity contribution in [2.45, 2.75) is 6.04 Å². The van der Waals surface area contributed by atoms with Crippen molar-refractivity contribution in [2.75, 3.05) is 62.7 Å².